The Morgan fingerprint density at radius 3 is 2.20 bits per heavy atom. The van der Waals surface area contributed by atoms with E-state index in [1.54, 1.807) is 12.4 Å². The molecule has 3 rings (SSSR count). The second kappa shape index (κ2) is 10.2. The minimum absolute atomic E-state index is 0.0241. The van der Waals surface area contributed by atoms with E-state index in [1.807, 2.05) is 42.5 Å². The highest BCUT2D eigenvalue weighted by molar-refractivity contribution is 5.28. The lowest BCUT2D eigenvalue weighted by molar-refractivity contribution is -0.137. The quantitative estimate of drug-likeness (QED) is 0.556. The first kappa shape index (κ1) is 21.8. The van der Waals surface area contributed by atoms with E-state index < -0.39 is 17.8 Å². The van der Waals surface area contributed by atoms with Gasteiger partial charge in [0, 0.05) is 32.0 Å². The molecular formula is C23H23F3N2O2. The SMILES string of the molecule is OC(COc1ccc(C(F)(F)F)cc1)CN(Cc1ccccc1)Cc1cccnc1. The van der Waals surface area contributed by atoms with Crippen LogP contribution >= 0.6 is 0 Å². The van der Waals surface area contributed by atoms with E-state index in [2.05, 4.69) is 9.88 Å². The predicted octanol–water partition coefficient (Wildman–Crippen LogP) is 4.54. The van der Waals surface area contributed by atoms with Crippen LogP contribution in [0.3, 0.4) is 0 Å². The number of aliphatic hydroxyl groups excluding tert-OH is 1. The fourth-order valence-corrected chi connectivity index (χ4v) is 3.06. The summed E-state index contributed by atoms with van der Waals surface area (Å²) in [6, 6.07) is 18.2. The molecule has 1 unspecified atom stereocenters. The van der Waals surface area contributed by atoms with Gasteiger partial charge in [-0.3, -0.25) is 9.88 Å². The molecule has 1 atom stereocenters. The van der Waals surface area contributed by atoms with E-state index in [1.165, 1.54) is 12.1 Å². The molecule has 0 fully saturated rings. The zero-order valence-electron chi connectivity index (χ0n) is 16.3. The normalized spacial score (nSPS) is 12.7. The average molecular weight is 416 g/mol. The van der Waals surface area contributed by atoms with Gasteiger partial charge in [-0.2, -0.15) is 13.2 Å². The number of pyridine rings is 1. The molecule has 30 heavy (non-hydrogen) atoms. The number of hydrogen-bond donors (Lipinski definition) is 1. The molecule has 0 radical (unpaired) electrons. The molecule has 0 bridgehead atoms. The predicted molar refractivity (Wildman–Crippen MR) is 108 cm³/mol. The lowest BCUT2D eigenvalue weighted by atomic mass is 10.2. The van der Waals surface area contributed by atoms with Crippen molar-refractivity contribution >= 4 is 0 Å². The summed E-state index contributed by atoms with van der Waals surface area (Å²) in [5.74, 6) is 0.281. The van der Waals surface area contributed by atoms with Gasteiger partial charge >= 0.3 is 6.18 Å². The summed E-state index contributed by atoms with van der Waals surface area (Å²) in [7, 11) is 0. The van der Waals surface area contributed by atoms with Gasteiger partial charge in [0.15, 0.2) is 0 Å². The van der Waals surface area contributed by atoms with Crippen LogP contribution in [-0.4, -0.2) is 34.2 Å². The molecule has 1 N–H and O–H groups in total. The maximum atomic E-state index is 12.6. The number of halogens is 3. The highest BCUT2D eigenvalue weighted by atomic mass is 19.4. The monoisotopic (exact) mass is 416 g/mol. The zero-order chi connectivity index (χ0) is 21.4. The van der Waals surface area contributed by atoms with E-state index >= 15 is 0 Å². The second-order valence-corrected chi connectivity index (χ2v) is 7.00. The zero-order valence-corrected chi connectivity index (χ0v) is 16.3. The lowest BCUT2D eigenvalue weighted by Gasteiger charge is -2.25. The fraction of sp³-hybridized carbons (Fsp3) is 0.261. The highest BCUT2D eigenvalue weighted by Crippen LogP contribution is 2.30. The Morgan fingerprint density at radius 2 is 1.57 bits per heavy atom. The van der Waals surface area contributed by atoms with Crippen LogP contribution in [-0.2, 0) is 19.3 Å². The molecule has 0 aliphatic carbocycles. The average Bonchev–Trinajstić information content (AvgIpc) is 2.73. The van der Waals surface area contributed by atoms with Crippen LogP contribution in [0.5, 0.6) is 5.75 Å². The van der Waals surface area contributed by atoms with Gasteiger partial charge in [-0.15, -0.1) is 0 Å². The van der Waals surface area contributed by atoms with E-state index in [-0.39, 0.29) is 12.4 Å². The van der Waals surface area contributed by atoms with Crippen LogP contribution in [0, 0.1) is 0 Å². The third-order valence-corrected chi connectivity index (χ3v) is 4.47. The van der Waals surface area contributed by atoms with Gasteiger partial charge in [-0.05, 0) is 41.5 Å². The molecule has 0 spiro atoms. The summed E-state index contributed by atoms with van der Waals surface area (Å²) >= 11 is 0. The van der Waals surface area contributed by atoms with Crippen LogP contribution < -0.4 is 4.74 Å². The molecule has 0 saturated heterocycles. The van der Waals surface area contributed by atoms with Gasteiger partial charge in [0.2, 0.25) is 0 Å². The number of nitrogens with zero attached hydrogens (tertiary/aromatic N) is 2. The van der Waals surface area contributed by atoms with Crippen LogP contribution in [0.2, 0.25) is 0 Å². The van der Waals surface area contributed by atoms with Gasteiger partial charge < -0.3 is 9.84 Å². The van der Waals surface area contributed by atoms with Crippen molar-refractivity contribution in [3.63, 3.8) is 0 Å². The van der Waals surface area contributed by atoms with Gasteiger partial charge in [-0.1, -0.05) is 36.4 Å². The molecule has 1 heterocycles. The smallest absolute Gasteiger partial charge is 0.416 e. The first-order valence-electron chi connectivity index (χ1n) is 9.53. The molecule has 2 aromatic carbocycles. The van der Waals surface area contributed by atoms with Crippen molar-refractivity contribution in [1.29, 1.82) is 0 Å². The fourth-order valence-electron chi connectivity index (χ4n) is 3.06. The molecule has 0 aliphatic rings. The molecule has 0 saturated carbocycles. The third kappa shape index (κ3) is 6.86. The Labute approximate surface area is 173 Å². The Hall–Kier alpha value is -2.90. The first-order chi connectivity index (χ1) is 14.4. The number of aliphatic hydroxyl groups is 1. The third-order valence-electron chi connectivity index (χ3n) is 4.47. The lowest BCUT2D eigenvalue weighted by Crippen LogP contribution is -2.35. The van der Waals surface area contributed by atoms with Crippen molar-refractivity contribution in [2.75, 3.05) is 13.2 Å². The maximum absolute atomic E-state index is 12.6. The molecule has 1 aromatic heterocycles. The van der Waals surface area contributed by atoms with Gasteiger partial charge in [0.1, 0.15) is 18.5 Å². The van der Waals surface area contributed by atoms with Crippen molar-refractivity contribution < 1.29 is 23.0 Å². The van der Waals surface area contributed by atoms with E-state index in [0.717, 1.165) is 23.3 Å². The Bertz CT molecular complexity index is 846. The molecular weight excluding hydrogens is 393 g/mol. The van der Waals surface area contributed by atoms with Crippen molar-refractivity contribution in [3.05, 3.63) is 95.8 Å². The molecule has 7 heteroatoms. The summed E-state index contributed by atoms with van der Waals surface area (Å²) in [4.78, 5) is 6.21. The minimum atomic E-state index is -4.39. The minimum Gasteiger partial charge on any atom is -0.491 e. The molecule has 0 aliphatic heterocycles. The van der Waals surface area contributed by atoms with Gasteiger partial charge in [-0.25, -0.2) is 0 Å². The Balaban J connectivity index is 1.58. The van der Waals surface area contributed by atoms with Crippen LogP contribution in [0.1, 0.15) is 16.7 Å². The number of rotatable bonds is 9. The largest absolute Gasteiger partial charge is 0.491 e. The second-order valence-electron chi connectivity index (χ2n) is 7.00. The Kier molecular flexibility index (Phi) is 7.43. The molecule has 0 amide bonds. The van der Waals surface area contributed by atoms with Crippen molar-refractivity contribution in [3.8, 4) is 5.75 Å². The van der Waals surface area contributed by atoms with Crippen LogP contribution in [0.15, 0.2) is 79.1 Å². The molecule has 158 valence electrons. The summed E-state index contributed by atoms with van der Waals surface area (Å²) in [6.45, 7) is 1.54. The standard InChI is InChI=1S/C23H23F3N2O2/c24-23(25,26)20-8-10-22(11-9-20)30-17-21(29)16-28(14-18-5-2-1-3-6-18)15-19-7-4-12-27-13-19/h1-13,21,29H,14-17H2. The van der Waals surface area contributed by atoms with Crippen LogP contribution in [0.4, 0.5) is 13.2 Å². The number of alkyl halides is 3. The Morgan fingerprint density at radius 1 is 0.900 bits per heavy atom. The summed E-state index contributed by atoms with van der Waals surface area (Å²) in [6.07, 6.45) is -1.71. The molecule has 3 aromatic rings. The number of benzene rings is 2. The van der Waals surface area contributed by atoms with Crippen molar-refractivity contribution in [2.24, 2.45) is 0 Å². The molecule has 4 nitrogen and oxygen atoms in total. The summed E-state index contributed by atoms with van der Waals surface area (Å²) in [5, 5.41) is 10.5. The summed E-state index contributed by atoms with van der Waals surface area (Å²) < 4.78 is 43.4. The van der Waals surface area contributed by atoms with Crippen LogP contribution in [0.25, 0.3) is 0 Å². The number of aromatic nitrogens is 1. The van der Waals surface area contributed by atoms with E-state index in [0.29, 0.717) is 19.6 Å². The first-order valence-corrected chi connectivity index (χ1v) is 9.53. The number of hydrogen-bond acceptors (Lipinski definition) is 4. The van der Waals surface area contributed by atoms with Crippen molar-refractivity contribution in [2.45, 2.75) is 25.4 Å². The maximum Gasteiger partial charge on any atom is 0.416 e. The van der Waals surface area contributed by atoms with Gasteiger partial charge in [0.25, 0.3) is 0 Å². The van der Waals surface area contributed by atoms with Crippen molar-refractivity contribution in [1.82, 2.24) is 9.88 Å². The van der Waals surface area contributed by atoms with E-state index in [4.69, 9.17) is 4.74 Å². The van der Waals surface area contributed by atoms with E-state index in [9.17, 15) is 18.3 Å². The summed E-state index contributed by atoms with van der Waals surface area (Å²) in [5.41, 5.74) is 1.39. The topological polar surface area (TPSA) is 45.6 Å². The number of ether oxygens (including phenoxy) is 1. The van der Waals surface area contributed by atoms with Gasteiger partial charge in [0.05, 0.1) is 5.56 Å². The highest BCUT2D eigenvalue weighted by Gasteiger charge is 2.30.